The molecule has 2 N–H and O–H groups in total. The van der Waals surface area contributed by atoms with E-state index in [-0.39, 0.29) is 5.84 Å². The predicted octanol–water partition coefficient (Wildman–Crippen LogP) is 2.88. The van der Waals surface area contributed by atoms with Crippen LogP contribution in [0.5, 0.6) is 0 Å². The molecule has 0 saturated carbocycles. The topological polar surface area (TPSA) is 77.9 Å². The van der Waals surface area contributed by atoms with Gasteiger partial charge in [-0.05, 0) is 39.0 Å². The van der Waals surface area contributed by atoms with E-state index in [2.05, 4.69) is 11.9 Å². The summed E-state index contributed by atoms with van der Waals surface area (Å²) >= 11 is 0. The van der Waals surface area contributed by atoms with Gasteiger partial charge in [-0.2, -0.15) is 5.06 Å². The number of hydroxylamine groups is 1. The normalized spacial score (nSPS) is 16.8. The molecule has 1 atom stereocenters. The molecule has 1 amide bonds. The van der Waals surface area contributed by atoms with Crippen molar-refractivity contribution < 1.29 is 14.4 Å². The second-order valence-corrected chi connectivity index (χ2v) is 7.09. The summed E-state index contributed by atoms with van der Waals surface area (Å²) in [6.07, 6.45) is -0.0734. The van der Waals surface area contributed by atoms with Gasteiger partial charge in [0, 0.05) is 20.5 Å². The number of hydrogen-bond acceptors (Lipinski definition) is 5. The first kappa shape index (κ1) is 18.6. The Morgan fingerprint density at radius 1 is 1.36 bits per heavy atom. The van der Waals surface area contributed by atoms with E-state index >= 15 is 0 Å². The standard InChI is InChI=1S/C18H26N4O3/c1-12(21(5)6)25-22-15-10-8-7-9-13(15)11-14(16(22)19)20-17(23)24-18(2,3)4/h7-10,14,19H,1,11H2,2-6H3,(H,20,23)/t14-/m0/s1. The lowest BCUT2D eigenvalue weighted by molar-refractivity contribution is 0.0514. The van der Waals surface area contributed by atoms with Gasteiger partial charge in [0.2, 0.25) is 5.88 Å². The summed E-state index contributed by atoms with van der Waals surface area (Å²) < 4.78 is 5.30. The molecule has 1 aliphatic rings. The summed E-state index contributed by atoms with van der Waals surface area (Å²) in [5.74, 6) is 0.505. The van der Waals surface area contributed by atoms with Crippen molar-refractivity contribution in [3.05, 3.63) is 42.3 Å². The van der Waals surface area contributed by atoms with E-state index in [0.717, 1.165) is 11.3 Å². The van der Waals surface area contributed by atoms with Gasteiger partial charge in [0.25, 0.3) is 0 Å². The molecule has 1 aromatic carbocycles. The summed E-state index contributed by atoms with van der Waals surface area (Å²) in [5, 5.41) is 12.6. The first-order valence-corrected chi connectivity index (χ1v) is 8.08. The minimum absolute atomic E-state index is 0.118. The number of carbonyl (C=O) groups excluding carboxylic acids is 1. The SMILES string of the molecule is C=C(ON1C(=N)[C@@H](NC(=O)OC(C)(C)C)Cc2ccccc21)N(C)C. The zero-order valence-corrected chi connectivity index (χ0v) is 15.4. The van der Waals surface area contributed by atoms with Crippen molar-refractivity contribution in [2.75, 3.05) is 19.2 Å². The van der Waals surface area contributed by atoms with E-state index in [0.29, 0.717) is 12.3 Å². The molecule has 0 spiro atoms. The Labute approximate surface area is 148 Å². The van der Waals surface area contributed by atoms with Gasteiger partial charge in [-0.3, -0.25) is 5.41 Å². The number of rotatable bonds is 4. The van der Waals surface area contributed by atoms with E-state index < -0.39 is 17.7 Å². The quantitative estimate of drug-likeness (QED) is 0.820. The van der Waals surface area contributed by atoms with Gasteiger partial charge < -0.3 is 19.8 Å². The summed E-state index contributed by atoms with van der Waals surface area (Å²) in [7, 11) is 3.61. The molecule has 0 aromatic heterocycles. The van der Waals surface area contributed by atoms with Crippen molar-refractivity contribution in [3.63, 3.8) is 0 Å². The zero-order valence-electron chi connectivity index (χ0n) is 15.4. The van der Waals surface area contributed by atoms with Crippen LogP contribution in [0.15, 0.2) is 36.7 Å². The molecule has 2 rings (SSSR count). The zero-order chi connectivity index (χ0) is 18.8. The van der Waals surface area contributed by atoms with Crippen LogP contribution in [0.4, 0.5) is 10.5 Å². The minimum atomic E-state index is -0.603. The number of benzene rings is 1. The molecule has 1 aliphatic heterocycles. The smallest absolute Gasteiger partial charge is 0.408 e. The van der Waals surface area contributed by atoms with Crippen LogP contribution in [0.1, 0.15) is 26.3 Å². The van der Waals surface area contributed by atoms with Crippen LogP contribution >= 0.6 is 0 Å². The molecule has 0 radical (unpaired) electrons. The van der Waals surface area contributed by atoms with Crippen molar-refractivity contribution in [3.8, 4) is 0 Å². The number of hydrogen-bond donors (Lipinski definition) is 2. The van der Waals surface area contributed by atoms with Crippen LogP contribution in [0.3, 0.4) is 0 Å². The number of alkyl carbamates (subject to hydrolysis) is 1. The molecular weight excluding hydrogens is 320 g/mol. The molecule has 0 aliphatic carbocycles. The fourth-order valence-electron chi connectivity index (χ4n) is 2.32. The highest BCUT2D eigenvalue weighted by atomic mass is 16.7. The number of ether oxygens (including phenoxy) is 1. The summed E-state index contributed by atoms with van der Waals surface area (Å²) in [4.78, 5) is 19.6. The predicted molar refractivity (Wildman–Crippen MR) is 97.4 cm³/mol. The summed E-state index contributed by atoms with van der Waals surface area (Å²) in [5.41, 5.74) is 1.12. The van der Waals surface area contributed by atoms with Gasteiger partial charge >= 0.3 is 6.09 Å². The second-order valence-electron chi connectivity index (χ2n) is 7.09. The number of fused-ring (bicyclic) bond motifs is 1. The highest BCUT2D eigenvalue weighted by Gasteiger charge is 2.34. The Morgan fingerprint density at radius 2 is 2.00 bits per heavy atom. The Bertz CT molecular complexity index is 679. The second kappa shape index (κ2) is 7.04. The molecule has 7 heteroatoms. The highest BCUT2D eigenvalue weighted by Crippen LogP contribution is 2.29. The first-order valence-electron chi connectivity index (χ1n) is 8.08. The fraction of sp³-hybridized carbons (Fsp3) is 0.444. The maximum absolute atomic E-state index is 12.1. The van der Waals surface area contributed by atoms with Crippen molar-refractivity contribution in [1.29, 1.82) is 5.41 Å². The third kappa shape index (κ3) is 4.65. The van der Waals surface area contributed by atoms with Crippen LogP contribution in [0, 0.1) is 5.41 Å². The molecule has 0 unspecified atom stereocenters. The number of amidine groups is 1. The molecule has 7 nitrogen and oxygen atoms in total. The van der Waals surface area contributed by atoms with E-state index in [1.807, 2.05) is 24.3 Å². The molecule has 1 heterocycles. The maximum atomic E-state index is 12.1. The number of carbonyl (C=O) groups is 1. The van der Waals surface area contributed by atoms with Gasteiger partial charge in [-0.15, -0.1) is 0 Å². The molecule has 136 valence electrons. The number of para-hydroxylation sites is 1. The fourth-order valence-corrected chi connectivity index (χ4v) is 2.32. The molecule has 0 fully saturated rings. The van der Waals surface area contributed by atoms with Gasteiger partial charge in [-0.25, -0.2) is 4.79 Å². The van der Waals surface area contributed by atoms with Crippen LogP contribution in [0.25, 0.3) is 0 Å². The van der Waals surface area contributed by atoms with E-state index in [1.54, 1.807) is 39.8 Å². The lowest BCUT2D eigenvalue weighted by atomic mass is 9.98. The minimum Gasteiger partial charge on any atom is -0.444 e. The van der Waals surface area contributed by atoms with Gasteiger partial charge in [0.15, 0.2) is 5.84 Å². The first-order chi connectivity index (χ1) is 11.6. The number of amides is 1. The third-order valence-corrected chi connectivity index (χ3v) is 3.57. The monoisotopic (exact) mass is 346 g/mol. The average Bonchev–Trinajstić information content (AvgIpc) is 2.49. The highest BCUT2D eigenvalue weighted by molar-refractivity contribution is 6.02. The molecular formula is C18H26N4O3. The van der Waals surface area contributed by atoms with Crippen molar-refractivity contribution in [1.82, 2.24) is 10.2 Å². The van der Waals surface area contributed by atoms with Crippen molar-refractivity contribution in [2.45, 2.75) is 38.8 Å². The van der Waals surface area contributed by atoms with Gasteiger partial charge in [0.05, 0.1) is 11.7 Å². The van der Waals surface area contributed by atoms with Crippen molar-refractivity contribution in [2.24, 2.45) is 0 Å². The van der Waals surface area contributed by atoms with Crippen LogP contribution in [0.2, 0.25) is 0 Å². The van der Waals surface area contributed by atoms with Crippen LogP contribution in [-0.4, -0.2) is 42.6 Å². The largest absolute Gasteiger partial charge is 0.444 e. The van der Waals surface area contributed by atoms with E-state index in [4.69, 9.17) is 15.0 Å². The van der Waals surface area contributed by atoms with Crippen LogP contribution in [-0.2, 0) is 16.0 Å². The third-order valence-electron chi connectivity index (χ3n) is 3.57. The van der Waals surface area contributed by atoms with Gasteiger partial charge in [-0.1, -0.05) is 18.2 Å². The average molecular weight is 346 g/mol. The maximum Gasteiger partial charge on any atom is 0.408 e. The Hall–Kier alpha value is -2.70. The Morgan fingerprint density at radius 3 is 2.60 bits per heavy atom. The molecule has 0 saturated heterocycles. The Balaban J connectivity index is 2.23. The molecule has 1 aromatic rings. The lowest BCUT2D eigenvalue weighted by Gasteiger charge is -2.36. The summed E-state index contributed by atoms with van der Waals surface area (Å²) in [6, 6.07) is 7.05. The number of nitrogens with zero attached hydrogens (tertiary/aromatic N) is 2. The lowest BCUT2D eigenvalue weighted by Crippen LogP contribution is -2.53. The number of anilines is 1. The van der Waals surface area contributed by atoms with Crippen molar-refractivity contribution >= 4 is 17.6 Å². The van der Waals surface area contributed by atoms with Gasteiger partial charge in [0.1, 0.15) is 5.60 Å². The Kier molecular flexibility index (Phi) is 5.25. The molecule has 25 heavy (non-hydrogen) atoms. The molecule has 0 bridgehead atoms. The van der Waals surface area contributed by atoms with Crippen LogP contribution < -0.4 is 10.4 Å². The summed E-state index contributed by atoms with van der Waals surface area (Å²) in [6.45, 7) is 9.23. The van der Waals surface area contributed by atoms with E-state index in [9.17, 15) is 4.79 Å². The number of nitrogens with one attached hydrogen (secondary N) is 2. The van der Waals surface area contributed by atoms with E-state index in [1.165, 1.54) is 5.06 Å².